The standard InChI is InChI=1S/C21H32N6O4/c1-13(19(23)29)26-21(31)17(10-7-11-24-15(3)22)27-20(30)14(2)25-18(28)12-16-8-5-4-6-9-16/h4-6,8-9,13-14,17,24H,3,7,10-12,22H2,1-2H3,(H2,23,29)(H,25,28)(H,26,31)(H,27,30)/t13-,14-,17-/m0/s1. The zero-order chi connectivity index (χ0) is 23.4. The molecule has 0 aliphatic heterocycles. The van der Waals surface area contributed by atoms with Gasteiger partial charge in [-0.3, -0.25) is 19.2 Å². The highest BCUT2D eigenvalue weighted by Crippen LogP contribution is 2.02. The highest BCUT2D eigenvalue weighted by Gasteiger charge is 2.26. The highest BCUT2D eigenvalue weighted by atomic mass is 16.2. The Hall–Kier alpha value is -3.56. The summed E-state index contributed by atoms with van der Waals surface area (Å²) in [6.07, 6.45) is 0.898. The van der Waals surface area contributed by atoms with Gasteiger partial charge in [-0.2, -0.15) is 0 Å². The van der Waals surface area contributed by atoms with Crippen molar-refractivity contribution in [2.24, 2.45) is 11.5 Å². The van der Waals surface area contributed by atoms with Gasteiger partial charge in [-0.25, -0.2) is 0 Å². The second-order valence-corrected chi connectivity index (χ2v) is 7.24. The zero-order valence-electron chi connectivity index (χ0n) is 17.9. The largest absolute Gasteiger partial charge is 0.386 e. The number of rotatable bonds is 13. The predicted octanol–water partition coefficient (Wildman–Crippen LogP) is -0.992. The lowest BCUT2D eigenvalue weighted by atomic mass is 10.1. The number of carbonyl (C=O) groups is 4. The van der Waals surface area contributed by atoms with Gasteiger partial charge in [0.15, 0.2) is 0 Å². The topological polar surface area (TPSA) is 168 Å². The van der Waals surface area contributed by atoms with Gasteiger partial charge >= 0.3 is 0 Å². The first-order valence-electron chi connectivity index (χ1n) is 10.0. The van der Waals surface area contributed by atoms with Crippen molar-refractivity contribution in [2.45, 2.75) is 51.2 Å². The van der Waals surface area contributed by atoms with Gasteiger partial charge in [0.2, 0.25) is 23.6 Å². The number of nitrogens with two attached hydrogens (primary N) is 2. The van der Waals surface area contributed by atoms with Crippen molar-refractivity contribution < 1.29 is 19.2 Å². The van der Waals surface area contributed by atoms with Crippen molar-refractivity contribution in [2.75, 3.05) is 6.54 Å². The van der Waals surface area contributed by atoms with Gasteiger partial charge in [0.05, 0.1) is 12.2 Å². The first kappa shape index (κ1) is 25.5. The molecular formula is C21H32N6O4. The van der Waals surface area contributed by atoms with Gasteiger partial charge in [-0.1, -0.05) is 36.9 Å². The zero-order valence-corrected chi connectivity index (χ0v) is 17.9. The Kier molecular flexibility index (Phi) is 10.6. The van der Waals surface area contributed by atoms with Crippen molar-refractivity contribution in [3.05, 3.63) is 48.3 Å². The van der Waals surface area contributed by atoms with E-state index in [9.17, 15) is 19.2 Å². The van der Waals surface area contributed by atoms with Crippen molar-refractivity contribution in [3.8, 4) is 0 Å². The molecule has 0 saturated carbocycles. The maximum absolute atomic E-state index is 12.6. The van der Waals surface area contributed by atoms with Crippen LogP contribution in [0.1, 0.15) is 32.3 Å². The van der Waals surface area contributed by atoms with Gasteiger partial charge in [0.1, 0.15) is 18.1 Å². The first-order chi connectivity index (χ1) is 14.6. The SMILES string of the molecule is C=C(N)NCCC[C@H](NC(=O)[C@H](C)NC(=O)Cc1ccccc1)C(=O)N[C@@H](C)C(N)=O. The van der Waals surface area contributed by atoms with Crippen molar-refractivity contribution in [1.82, 2.24) is 21.3 Å². The van der Waals surface area contributed by atoms with Crippen LogP contribution in [0.3, 0.4) is 0 Å². The van der Waals surface area contributed by atoms with Crippen LogP contribution >= 0.6 is 0 Å². The van der Waals surface area contributed by atoms with Crippen LogP contribution in [-0.2, 0) is 25.6 Å². The monoisotopic (exact) mass is 432 g/mol. The minimum absolute atomic E-state index is 0.132. The Morgan fingerprint density at radius 2 is 1.58 bits per heavy atom. The van der Waals surface area contributed by atoms with Crippen LogP contribution < -0.4 is 32.7 Å². The van der Waals surface area contributed by atoms with Crippen LogP contribution in [0.2, 0.25) is 0 Å². The fraction of sp³-hybridized carbons (Fsp3) is 0.429. The summed E-state index contributed by atoms with van der Waals surface area (Å²) in [6.45, 7) is 6.95. The van der Waals surface area contributed by atoms with Crippen LogP contribution in [0.15, 0.2) is 42.7 Å². The Morgan fingerprint density at radius 1 is 0.935 bits per heavy atom. The molecule has 0 aromatic heterocycles. The number of hydrogen-bond acceptors (Lipinski definition) is 6. The van der Waals surface area contributed by atoms with E-state index in [0.717, 1.165) is 5.56 Å². The molecule has 31 heavy (non-hydrogen) atoms. The second kappa shape index (κ2) is 12.9. The summed E-state index contributed by atoms with van der Waals surface area (Å²) in [5.41, 5.74) is 11.4. The third kappa shape index (κ3) is 10.2. The Balaban J connectivity index is 2.67. The van der Waals surface area contributed by atoms with Crippen molar-refractivity contribution in [1.29, 1.82) is 0 Å². The average molecular weight is 433 g/mol. The van der Waals surface area contributed by atoms with Crippen LogP contribution in [0.5, 0.6) is 0 Å². The molecule has 10 heteroatoms. The normalized spacial score (nSPS) is 13.2. The van der Waals surface area contributed by atoms with Gasteiger partial charge in [-0.05, 0) is 32.3 Å². The molecule has 0 unspecified atom stereocenters. The molecule has 10 nitrogen and oxygen atoms in total. The summed E-state index contributed by atoms with van der Waals surface area (Å²) in [5, 5.41) is 10.5. The van der Waals surface area contributed by atoms with Gasteiger partial charge < -0.3 is 32.7 Å². The van der Waals surface area contributed by atoms with Gasteiger partial charge in [0.25, 0.3) is 0 Å². The molecule has 0 spiro atoms. The molecule has 8 N–H and O–H groups in total. The summed E-state index contributed by atoms with van der Waals surface area (Å²) in [6, 6.07) is 6.45. The van der Waals surface area contributed by atoms with E-state index < -0.39 is 35.8 Å². The number of nitrogens with one attached hydrogen (secondary N) is 4. The summed E-state index contributed by atoms with van der Waals surface area (Å²) < 4.78 is 0. The van der Waals surface area contributed by atoms with Gasteiger partial charge in [0, 0.05) is 6.54 Å². The smallest absolute Gasteiger partial charge is 0.243 e. The molecule has 0 saturated heterocycles. The van der Waals surface area contributed by atoms with Crippen LogP contribution in [0.25, 0.3) is 0 Å². The van der Waals surface area contributed by atoms with Crippen LogP contribution in [0.4, 0.5) is 0 Å². The molecular weight excluding hydrogens is 400 g/mol. The van der Waals surface area contributed by atoms with E-state index in [1.54, 1.807) is 0 Å². The molecule has 0 radical (unpaired) electrons. The van der Waals surface area contributed by atoms with E-state index in [0.29, 0.717) is 18.8 Å². The first-order valence-corrected chi connectivity index (χ1v) is 10.0. The Labute approximate surface area is 182 Å². The van der Waals surface area contributed by atoms with E-state index >= 15 is 0 Å². The maximum atomic E-state index is 12.6. The molecule has 170 valence electrons. The molecule has 0 fully saturated rings. The summed E-state index contributed by atoms with van der Waals surface area (Å²) >= 11 is 0. The number of carbonyl (C=O) groups excluding carboxylic acids is 4. The highest BCUT2D eigenvalue weighted by molar-refractivity contribution is 5.93. The average Bonchev–Trinajstić information content (AvgIpc) is 2.70. The molecule has 0 bridgehead atoms. The fourth-order valence-corrected chi connectivity index (χ4v) is 2.65. The third-order valence-electron chi connectivity index (χ3n) is 4.42. The lowest BCUT2D eigenvalue weighted by molar-refractivity contribution is -0.133. The van der Waals surface area contributed by atoms with E-state index in [4.69, 9.17) is 11.5 Å². The molecule has 1 rings (SSSR count). The fourth-order valence-electron chi connectivity index (χ4n) is 2.65. The predicted molar refractivity (Wildman–Crippen MR) is 117 cm³/mol. The quantitative estimate of drug-likeness (QED) is 0.219. The minimum atomic E-state index is -0.921. The van der Waals surface area contributed by atoms with Crippen molar-refractivity contribution >= 4 is 23.6 Å². The van der Waals surface area contributed by atoms with Crippen molar-refractivity contribution in [3.63, 3.8) is 0 Å². The third-order valence-corrected chi connectivity index (χ3v) is 4.42. The van der Waals surface area contributed by atoms with E-state index in [2.05, 4.69) is 27.8 Å². The number of amides is 4. The Morgan fingerprint density at radius 3 is 2.16 bits per heavy atom. The molecule has 0 aliphatic carbocycles. The lowest BCUT2D eigenvalue weighted by Crippen LogP contribution is -2.55. The second-order valence-electron chi connectivity index (χ2n) is 7.24. The minimum Gasteiger partial charge on any atom is -0.386 e. The molecule has 4 amide bonds. The summed E-state index contributed by atoms with van der Waals surface area (Å²) in [5.74, 6) is -1.79. The number of hydrogen-bond donors (Lipinski definition) is 6. The van der Waals surface area contributed by atoms with E-state index in [-0.39, 0.29) is 18.7 Å². The summed E-state index contributed by atoms with van der Waals surface area (Å²) in [4.78, 5) is 48.5. The van der Waals surface area contributed by atoms with E-state index in [1.807, 2.05) is 30.3 Å². The molecule has 1 aromatic carbocycles. The Bertz CT molecular complexity index is 783. The van der Waals surface area contributed by atoms with E-state index in [1.165, 1.54) is 13.8 Å². The van der Waals surface area contributed by atoms with Crippen LogP contribution in [-0.4, -0.2) is 48.3 Å². The van der Waals surface area contributed by atoms with Crippen LogP contribution in [0, 0.1) is 0 Å². The molecule has 3 atom stereocenters. The molecule has 0 aliphatic rings. The molecule has 1 aromatic rings. The summed E-state index contributed by atoms with van der Waals surface area (Å²) in [7, 11) is 0. The number of benzene rings is 1. The molecule has 0 heterocycles. The lowest BCUT2D eigenvalue weighted by Gasteiger charge is -2.22. The maximum Gasteiger partial charge on any atom is 0.243 e. The van der Waals surface area contributed by atoms with Gasteiger partial charge in [-0.15, -0.1) is 0 Å². The number of primary amides is 1.